The summed E-state index contributed by atoms with van der Waals surface area (Å²) in [5.74, 6) is 4.56. The van der Waals surface area contributed by atoms with E-state index in [1.807, 2.05) is 0 Å². The highest BCUT2D eigenvalue weighted by atomic mass is 35.5. The van der Waals surface area contributed by atoms with Crippen LogP contribution in [0.4, 0.5) is 0 Å². The average Bonchev–Trinajstić information content (AvgIpc) is 2.58. The van der Waals surface area contributed by atoms with E-state index in [1.54, 1.807) is 0 Å². The van der Waals surface area contributed by atoms with Gasteiger partial charge in [-0.2, -0.15) is 0 Å². The van der Waals surface area contributed by atoms with E-state index in [0.717, 1.165) is 42.4 Å². The molecule has 2 heteroatoms. The molecule has 0 aromatic carbocycles. The van der Waals surface area contributed by atoms with Crippen LogP contribution >= 0.6 is 11.6 Å². The number of hydrogen-bond acceptors (Lipinski definition) is 1. The Balaban J connectivity index is 5.39. The SMILES string of the molecule is CCC(C)C(CC)C(CC)C(CC)C(CC)C(CC)CCC(=O)Cl. The third kappa shape index (κ3) is 7.06. The Labute approximate surface area is 157 Å². The van der Waals surface area contributed by atoms with Crippen molar-refractivity contribution in [2.75, 3.05) is 0 Å². The van der Waals surface area contributed by atoms with E-state index in [9.17, 15) is 4.79 Å². The first-order chi connectivity index (χ1) is 11.4. The van der Waals surface area contributed by atoms with Gasteiger partial charge in [0.05, 0.1) is 0 Å². The molecule has 24 heavy (non-hydrogen) atoms. The molecule has 0 amide bonds. The first kappa shape index (κ1) is 24.0. The minimum Gasteiger partial charge on any atom is -0.281 e. The first-order valence-electron chi connectivity index (χ1n) is 10.6. The quantitative estimate of drug-likeness (QED) is 0.290. The van der Waals surface area contributed by atoms with Crippen LogP contribution in [0.5, 0.6) is 0 Å². The second kappa shape index (κ2) is 13.2. The van der Waals surface area contributed by atoms with Crippen molar-refractivity contribution in [1.82, 2.24) is 0 Å². The molecule has 0 heterocycles. The minimum atomic E-state index is -0.172. The summed E-state index contributed by atoms with van der Waals surface area (Å²) in [5.41, 5.74) is 0. The average molecular weight is 359 g/mol. The summed E-state index contributed by atoms with van der Waals surface area (Å²) in [6, 6.07) is 0. The van der Waals surface area contributed by atoms with Gasteiger partial charge in [-0.3, -0.25) is 4.79 Å². The lowest BCUT2D eigenvalue weighted by Crippen LogP contribution is -2.34. The predicted octanol–water partition coefficient (Wildman–Crippen LogP) is 7.71. The van der Waals surface area contributed by atoms with Gasteiger partial charge in [-0.25, -0.2) is 0 Å². The highest BCUT2D eigenvalue weighted by Crippen LogP contribution is 2.43. The Morgan fingerprint density at radius 1 is 0.708 bits per heavy atom. The molecule has 0 aliphatic heterocycles. The second-order valence-electron chi connectivity index (χ2n) is 7.74. The summed E-state index contributed by atoms with van der Waals surface area (Å²) in [5, 5.41) is -0.172. The van der Waals surface area contributed by atoms with Gasteiger partial charge in [-0.1, -0.05) is 87.0 Å². The van der Waals surface area contributed by atoms with Crippen LogP contribution in [-0.2, 0) is 4.79 Å². The fourth-order valence-electron chi connectivity index (χ4n) is 5.28. The highest BCUT2D eigenvalue weighted by molar-refractivity contribution is 6.63. The molecule has 0 aromatic heterocycles. The second-order valence-corrected chi connectivity index (χ2v) is 8.16. The third-order valence-electron chi connectivity index (χ3n) is 6.75. The van der Waals surface area contributed by atoms with E-state index in [-0.39, 0.29) is 5.24 Å². The Kier molecular flexibility index (Phi) is 13.2. The van der Waals surface area contributed by atoms with Crippen LogP contribution in [0.2, 0.25) is 0 Å². The van der Waals surface area contributed by atoms with Gasteiger partial charge in [0.2, 0.25) is 5.24 Å². The topological polar surface area (TPSA) is 17.1 Å². The fraction of sp³-hybridized carbons (Fsp3) is 0.955. The number of hydrogen-bond donors (Lipinski definition) is 0. The molecular weight excluding hydrogens is 316 g/mol. The van der Waals surface area contributed by atoms with Crippen LogP contribution in [-0.4, -0.2) is 5.24 Å². The Morgan fingerprint density at radius 2 is 1.17 bits per heavy atom. The van der Waals surface area contributed by atoms with Gasteiger partial charge in [0.25, 0.3) is 0 Å². The molecule has 0 bridgehead atoms. The first-order valence-corrected chi connectivity index (χ1v) is 11.0. The fourth-order valence-corrected chi connectivity index (χ4v) is 5.39. The van der Waals surface area contributed by atoms with Gasteiger partial charge in [0, 0.05) is 6.42 Å². The van der Waals surface area contributed by atoms with Gasteiger partial charge in [0.15, 0.2) is 0 Å². The van der Waals surface area contributed by atoms with Crippen LogP contribution in [0, 0.1) is 35.5 Å². The van der Waals surface area contributed by atoms with Crippen molar-refractivity contribution in [3.8, 4) is 0 Å². The zero-order valence-electron chi connectivity index (χ0n) is 17.4. The maximum atomic E-state index is 11.3. The molecule has 0 aromatic rings. The van der Waals surface area contributed by atoms with Crippen LogP contribution < -0.4 is 0 Å². The van der Waals surface area contributed by atoms with Crippen molar-refractivity contribution >= 4 is 16.8 Å². The molecule has 0 aliphatic carbocycles. The zero-order chi connectivity index (χ0) is 18.7. The Morgan fingerprint density at radius 3 is 1.50 bits per heavy atom. The van der Waals surface area contributed by atoms with Crippen molar-refractivity contribution in [3.63, 3.8) is 0 Å². The zero-order valence-corrected chi connectivity index (χ0v) is 18.2. The summed E-state index contributed by atoms with van der Waals surface area (Å²) in [6.07, 6.45) is 8.99. The van der Waals surface area contributed by atoms with Crippen molar-refractivity contribution in [1.29, 1.82) is 0 Å². The molecule has 1 nitrogen and oxygen atoms in total. The molecule has 0 saturated carbocycles. The van der Waals surface area contributed by atoms with Crippen LogP contribution in [0.15, 0.2) is 0 Å². The number of carbonyl (C=O) groups is 1. The molecule has 144 valence electrons. The predicted molar refractivity (Wildman–Crippen MR) is 108 cm³/mol. The molecular formula is C22H43ClO. The van der Waals surface area contributed by atoms with Crippen molar-refractivity contribution in [2.45, 2.75) is 99.8 Å². The molecule has 0 saturated heterocycles. The summed E-state index contributed by atoms with van der Waals surface area (Å²) in [7, 11) is 0. The molecule has 0 radical (unpaired) electrons. The van der Waals surface area contributed by atoms with E-state index >= 15 is 0 Å². The summed E-state index contributed by atoms with van der Waals surface area (Å²) in [6.45, 7) is 16.5. The van der Waals surface area contributed by atoms with Crippen molar-refractivity contribution in [3.05, 3.63) is 0 Å². The summed E-state index contributed by atoms with van der Waals surface area (Å²) < 4.78 is 0. The lowest BCUT2D eigenvalue weighted by molar-refractivity contribution is -0.112. The molecule has 0 fully saturated rings. The highest BCUT2D eigenvalue weighted by Gasteiger charge is 2.35. The normalized spacial score (nSPS) is 19.3. The van der Waals surface area contributed by atoms with E-state index in [1.165, 1.54) is 32.1 Å². The molecule has 6 atom stereocenters. The van der Waals surface area contributed by atoms with Gasteiger partial charge in [-0.05, 0) is 53.5 Å². The van der Waals surface area contributed by atoms with Crippen molar-refractivity contribution in [2.24, 2.45) is 35.5 Å². The lowest BCUT2D eigenvalue weighted by atomic mass is 9.63. The van der Waals surface area contributed by atoms with E-state index in [2.05, 4.69) is 48.5 Å². The monoisotopic (exact) mass is 358 g/mol. The van der Waals surface area contributed by atoms with Crippen LogP contribution in [0.3, 0.4) is 0 Å². The van der Waals surface area contributed by atoms with E-state index < -0.39 is 0 Å². The summed E-state index contributed by atoms with van der Waals surface area (Å²) in [4.78, 5) is 11.3. The largest absolute Gasteiger partial charge is 0.281 e. The smallest absolute Gasteiger partial charge is 0.221 e. The number of carbonyl (C=O) groups excluding carboxylic acids is 1. The van der Waals surface area contributed by atoms with E-state index in [0.29, 0.717) is 12.3 Å². The Bertz CT molecular complexity index is 328. The number of rotatable bonds is 14. The van der Waals surface area contributed by atoms with Crippen LogP contribution in [0.1, 0.15) is 99.8 Å². The van der Waals surface area contributed by atoms with E-state index in [4.69, 9.17) is 11.6 Å². The maximum Gasteiger partial charge on any atom is 0.221 e. The standard InChI is InChI=1S/C22H43ClO/c1-8-16(7)18(10-3)20(12-5)21(13-6)19(11-4)17(9-2)14-15-22(23)24/h16-21H,8-15H2,1-7H3. The van der Waals surface area contributed by atoms with Gasteiger partial charge >= 0.3 is 0 Å². The minimum absolute atomic E-state index is 0.172. The maximum absolute atomic E-state index is 11.3. The molecule has 0 N–H and O–H groups in total. The molecule has 0 aliphatic rings. The van der Waals surface area contributed by atoms with Gasteiger partial charge in [0.1, 0.15) is 0 Å². The lowest BCUT2D eigenvalue weighted by Gasteiger charge is -2.42. The molecule has 0 rings (SSSR count). The summed E-state index contributed by atoms with van der Waals surface area (Å²) >= 11 is 5.62. The Hall–Kier alpha value is -0.0400. The van der Waals surface area contributed by atoms with Crippen molar-refractivity contribution < 1.29 is 4.79 Å². The molecule has 0 spiro atoms. The van der Waals surface area contributed by atoms with Gasteiger partial charge < -0.3 is 0 Å². The van der Waals surface area contributed by atoms with Crippen LogP contribution in [0.25, 0.3) is 0 Å². The number of halogens is 1. The van der Waals surface area contributed by atoms with Gasteiger partial charge in [-0.15, -0.1) is 0 Å². The molecule has 6 unspecified atom stereocenters. The third-order valence-corrected chi connectivity index (χ3v) is 6.94.